The first kappa shape index (κ1) is 27.0. The van der Waals surface area contributed by atoms with Crippen molar-refractivity contribution in [2.75, 3.05) is 0 Å². The molecule has 10 rings (SSSR count). The topological polar surface area (TPSA) is 9.86 Å². The van der Waals surface area contributed by atoms with Crippen molar-refractivity contribution in [3.8, 4) is 22.5 Å². The molecule has 48 heavy (non-hydrogen) atoms. The van der Waals surface area contributed by atoms with Gasteiger partial charge in [0.15, 0.2) is 0 Å². The van der Waals surface area contributed by atoms with E-state index in [2.05, 4.69) is 179 Å². The van der Waals surface area contributed by atoms with Crippen LogP contribution < -0.4 is 0 Å². The molecule has 9 aromatic rings. The lowest BCUT2D eigenvalue weighted by atomic mass is 9.97. The summed E-state index contributed by atoms with van der Waals surface area (Å²) in [6.45, 7) is 0. The average Bonchev–Trinajstić information content (AvgIpc) is 3.68. The average molecular weight is 613 g/mol. The quantitative estimate of drug-likeness (QED) is 0.187. The number of hydrogen-bond donors (Lipinski definition) is 0. The van der Waals surface area contributed by atoms with Crippen molar-refractivity contribution in [1.82, 2.24) is 9.13 Å². The summed E-state index contributed by atoms with van der Waals surface area (Å²) in [6.07, 6.45) is 9.14. The Morgan fingerprint density at radius 1 is 0.396 bits per heavy atom. The Hall–Kier alpha value is -6.12. The van der Waals surface area contributed by atoms with Crippen molar-refractivity contribution in [2.24, 2.45) is 0 Å². The van der Waals surface area contributed by atoms with E-state index in [1.54, 1.807) is 0 Å². The van der Waals surface area contributed by atoms with Crippen LogP contribution in [0.1, 0.15) is 18.4 Å². The zero-order valence-electron chi connectivity index (χ0n) is 26.5. The van der Waals surface area contributed by atoms with Crippen LogP contribution in [0, 0.1) is 0 Å². The van der Waals surface area contributed by atoms with Gasteiger partial charge in [-0.3, -0.25) is 0 Å². The largest absolute Gasteiger partial charge is 0.309 e. The second-order valence-electron chi connectivity index (χ2n) is 12.9. The van der Waals surface area contributed by atoms with Crippen LogP contribution in [0.25, 0.3) is 82.5 Å². The molecule has 1 aliphatic carbocycles. The predicted molar refractivity (Wildman–Crippen MR) is 204 cm³/mol. The minimum atomic E-state index is 1.11. The van der Waals surface area contributed by atoms with Gasteiger partial charge in [-0.2, -0.15) is 0 Å². The number of allylic oxidation sites excluding steroid dienone is 4. The van der Waals surface area contributed by atoms with Crippen LogP contribution in [0.15, 0.2) is 170 Å². The van der Waals surface area contributed by atoms with E-state index in [9.17, 15) is 0 Å². The van der Waals surface area contributed by atoms with Gasteiger partial charge in [0, 0.05) is 32.9 Å². The van der Waals surface area contributed by atoms with E-state index < -0.39 is 0 Å². The summed E-state index contributed by atoms with van der Waals surface area (Å²) in [5, 5.41) is 7.65. The van der Waals surface area contributed by atoms with E-state index in [0.717, 1.165) is 18.5 Å². The number of rotatable bonds is 4. The summed E-state index contributed by atoms with van der Waals surface area (Å²) in [5.74, 6) is 0. The predicted octanol–water partition coefficient (Wildman–Crippen LogP) is 12.4. The number of nitrogens with zero attached hydrogens (tertiary/aromatic N) is 2. The van der Waals surface area contributed by atoms with Gasteiger partial charge in [0.05, 0.1) is 22.1 Å². The molecular weight excluding hydrogens is 581 g/mol. The third-order valence-corrected chi connectivity index (χ3v) is 10.1. The van der Waals surface area contributed by atoms with Crippen LogP contribution in [-0.4, -0.2) is 9.13 Å². The maximum Gasteiger partial charge on any atom is 0.0548 e. The molecule has 2 nitrogen and oxygen atoms in total. The Balaban J connectivity index is 1.19. The number of para-hydroxylation sites is 2. The Morgan fingerprint density at radius 3 is 1.65 bits per heavy atom. The van der Waals surface area contributed by atoms with Crippen molar-refractivity contribution >= 4 is 60.0 Å². The standard InChI is InChI=1S/C46H32N2/c1-3-11-31(12-4-1)33-21-24-37(25-22-33)47-41-17-9-7-15-39(41)45-43(47)27-28-44-46(45)40-16-8-10-18-42(40)48(44)38-26-23-35-29-34(19-20-36(35)30-38)32-13-5-2-6-14-32/h1,3-5,7-30H,2,6H2. The van der Waals surface area contributed by atoms with E-state index in [1.807, 2.05) is 0 Å². The van der Waals surface area contributed by atoms with Gasteiger partial charge in [-0.15, -0.1) is 0 Å². The molecular formula is C46H32N2. The van der Waals surface area contributed by atoms with Gasteiger partial charge in [0.2, 0.25) is 0 Å². The molecule has 7 aromatic carbocycles. The Bertz CT molecular complexity index is 2750. The van der Waals surface area contributed by atoms with Gasteiger partial charge in [-0.25, -0.2) is 0 Å². The fraction of sp³-hybridized carbons (Fsp3) is 0.0435. The molecule has 2 aromatic heterocycles. The van der Waals surface area contributed by atoms with Gasteiger partial charge in [-0.1, -0.05) is 115 Å². The lowest BCUT2D eigenvalue weighted by Gasteiger charge is -2.12. The van der Waals surface area contributed by atoms with Gasteiger partial charge >= 0.3 is 0 Å². The van der Waals surface area contributed by atoms with Crippen LogP contribution in [0.4, 0.5) is 0 Å². The normalized spacial score (nSPS) is 13.3. The summed E-state index contributed by atoms with van der Waals surface area (Å²) in [7, 11) is 0. The SMILES string of the molecule is C1=CC(c2ccc3cc(-n4c5ccccc5c5c6c7ccccc7n(-c7ccc(-c8ccccc8)cc7)c6ccc54)ccc3c2)=CCC1. The minimum Gasteiger partial charge on any atom is -0.309 e. The van der Waals surface area contributed by atoms with E-state index >= 15 is 0 Å². The molecule has 0 saturated carbocycles. The third-order valence-electron chi connectivity index (χ3n) is 10.1. The molecule has 2 heterocycles. The molecule has 0 saturated heterocycles. The molecule has 0 bridgehead atoms. The van der Waals surface area contributed by atoms with Crippen molar-refractivity contribution in [2.45, 2.75) is 12.8 Å². The summed E-state index contributed by atoms with van der Waals surface area (Å²) in [5.41, 5.74) is 12.3. The Morgan fingerprint density at radius 2 is 0.958 bits per heavy atom. The van der Waals surface area contributed by atoms with E-state index in [4.69, 9.17) is 0 Å². The van der Waals surface area contributed by atoms with Gasteiger partial charge < -0.3 is 9.13 Å². The molecule has 0 amide bonds. The first-order valence-corrected chi connectivity index (χ1v) is 16.8. The minimum absolute atomic E-state index is 1.11. The highest BCUT2D eigenvalue weighted by Gasteiger charge is 2.20. The van der Waals surface area contributed by atoms with Gasteiger partial charge in [0.25, 0.3) is 0 Å². The number of fused-ring (bicyclic) bond motifs is 8. The van der Waals surface area contributed by atoms with Crippen LogP contribution in [0.2, 0.25) is 0 Å². The van der Waals surface area contributed by atoms with Gasteiger partial charge in [0.1, 0.15) is 0 Å². The molecule has 0 unspecified atom stereocenters. The lowest BCUT2D eigenvalue weighted by Crippen LogP contribution is -1.95. The molecule has 2 heteroatoms. The molecule has 0 spiro atoms. The molecule has 0 fully saturated rings. The molecule has 1 aliphatic rings. The highest BCUT2D eigenvalue weighted by Crippen LogP contribution is 2.42. The van der Waals surface area contributed by atoms with E-state index in [-0.39, 0.29) is 0 Å². The van der Waals surface area contributed by atoms with Crippen molar-refractivity contribution in [3.63, 3.8) is 0 Å². The molecule has 226 valence electrons. The number of hydrogen-bond acceptors (Lipinski definition) is 0. The third kappa shape index (κ3) is 4.13. The summed E-state index contributed by atoms with van der Waals surface area (Å²) < 4.78 is 4.88. The first-order chi connectivity index (χ1) is 23.8. The molecule has 0 aliphatic heterocycles. The molecule has 0 radical (unpaired) electrons. The summed E-state index contributed by atoms with van der Waals surface area (Å²) in [4.78, 5) is 0. The van der Waals surface area contributed by atoms with Crippen LogP contribution >= 0.6 is 0 Å². The highest BCUT2D eigenvalue weighted by molar-refractivity contribution is 6.29. The fourth-order valence-corrected chi connectivity index (χ4v) is 7.89. The van der Waals surface area contributed by atoms with Crippen molar-refractivity contribution in [1.29, 1.82) is 0 Å². The van der Waals surface area contributed by atoms with Crippen LogP contribution in [-0.2, 0) is 0 Å². The molecule has 0 atom stereocenters. The van der Waals surface area contributed by atoms with Crippen molar-refractivity contribution in [3.05, 3.63) is 175 Å². The zero-order chi connectivity index (χ0) is 31.6. The second-order valence-corrected chi connectivity index (χ2v) is 12.9. The monoisotopic (exact) mass is 612 g/mol. The van der Waals surface area contributed by atoms with Crippen LogP contribution in [0.3, 0.4) is 0 Å². The number of benzene rings is 7. The molecule has 0 N–H and O–H groups in total. The zero-order valence-corrected chi connectivity index (χ0v) is 26.5. The number of aromatic nitrogens is 2. The highest BCUT2D eigenvalue weighted by atomic mass is 15.0. The second kappa shape index (κ2) is 10.7. The Labute approximate surface area is 279 Å². The summed E-state index contributed by atoms with van der Waals surface area (Å²) >= 11 is 0. The van der Waals surface area contributed by atoms with Crippen LogP contribution in [0.5, 0.6) is 0 Å². The first-order valence-electron chi connectivity index (χ1n) is 16.8. The van der Waals surface area contributed by atoms with E-state index in [1.165, 1.54) is 82.3 Å². The van der Waals surface area contributed by atoms with Gasteiger partial charge in [-0.05, 0) is 100 Å². The lowest BCUT2D eigenvalue weighted by molar-refractivity contribution is 1.04. The maximum absolute atomic E-state index is 2.45. The smallest absolute Gasteiger partial charge is 0.0548 e. The van der Waals surface area contributed by atoms with E-state index in [0.29, 0.717) is 0 Å². The van der Waals surface area contributed by atoms with Crippen molar-refractivity contribution < 1.29 is 0 Å². The maximum atomic E-state index is 2.45. The Kier molecular flexibility index (Phi) is 6.04. The fourth-order valence-electron chi connectivity index (χ4n) is 7.89. The summed E-state index contributed by atoms with van der Waals surface area (Å²) in [6, 6.07) is 55.7.